The Morgan fingerprint density at radius 3 is 2.38 bits per heavy atom. The third-order valence-corrected chi connectivity index (χ3v) is 1.30. The molecule has 1 rings (SSSR count). The summed E-state index contributed by atoms with van der Waals surface area (Å²) < 4.78 is 25.5. The first-order chi connectivity index (χ1) is 5.88. The molecule has 0 fully saturated rings. The number of pyridine rings is 1. The van der Waals surface area contributed by atoms with Gasteiger partial charge in [0.15, 0.2) is 11.6 Å². The molecule has 4 heteroatoms. The van der Waals surface area contributed by atoms with Gasteiger partial charge in [-0.1, -0.05) is 0 Å². The summed E-state index contributed by atoms with van der Waals surface area (Å²) in [6.45, 7) is 5.62. The highest BCUT2D eigenvalue weighted by Gasteiger charge is 2.13. The van der Waals surface area contributed by atoms with E-state index in [0.29, 0.717) is 0 Å². The molecule has 0 bridgehead atoms. The molecule has 0 aliphatic carbocycles. The Morgan fingerprint density at radius 1 is 1.31 bits per heavy atom. The van der Waals surface area contributed by atoms with Crippen LogP contribution in [0.4, 0.5) is 14.6 Å². The monoisotopic (exact) mass is 186 g/mol. The molecule has 0 aromatic carbocycles. The van der Waals surface area contributed by atoms with Crippen LogP contribution in [-0.4, -0.2) is 10.5 Å². The van der Waals surface area contributed by atoms with Crippen LogP contribution in [0.1, 0.15) is 20.8 Å². The molecule has 0 amide bonds. The molecule has 0 saturated heterocycles. The molecule has 0 radical (unpaired) electrons. The normalized spacial score (nSPS) is 11.5. The highest BCUT2D eigenvalue weighted by molar-refractivity contribution is 5.38. The summed E-state index contributed by atoms with van der Waals surface area (Å²) in [6, 6.07) is 0.807. The Morgan fingerprint density at radius 2 is 1.92 bits per heavy atom. The maximum Gasteiger partial charge on any atom is 0.168 e. The lowest BCUT2D eigenvalue weighted by Gasteiger charge is -2.21. The standard InChI is InChI=1S/C9H12F2N2/c1-9(2,3)13-8-7(11)4-6(10)5-12-8/h4-5H,1-3H3,(H,12,13). The molecule has 0 unspecified atom stereocenters. The minimum atomic E-state index is -0.671. The van der Waals surface area contributed by atoms with Crippen molar-refractivity contribution in [3.8, 4) is 0 Å². The van der Waals surface area contributed by atoms with E-state index in [1.54, 1.807) is 0 Å². The number of halogens is 2. The van der Waals surface area contributed by atoms with Crippen molar-refractivity contribution in [1.82, 2.24) is 4.98 Å². The summed E-state index contributed by atoms with van der Waals surface area (Å²) >= 11 is 0. The first-order valence-corrected chi connectivity index (χ1v) is 3.98. The lowest BCUT2D eigenvalue weighted by Crippen LogP contribution is -2.27. The molecule has 1 heterocycles. The Hall–Kier alpha value is -1.19. The Bertz CT molecular complexity index is 305. The lowest BCUT2D eigenvalue weighted by molar-refractivity contribution is 0.562. The van der Waals surface area contributed by atoms with Crippen molar-refractivity contribution >= 4 is 5.82 Å². The number of aromatic nitrogens is 1. The number of nitrogens with zero attached hydrogens (tertiary/aromatic N) is 1. The van der Waals surface area contributed by atoms with Gasteiger partial charge >= 0.3 is 0 Å². The fraction of sp³-hybridized carbons (Fsp3) is 0.444. The predicted octanol–water partition coefficient (Wildman–Crippen LogP) is 2.57. The topological polar surface area (TPSA) is 24.9 Å². The van der Waals surface area contributed by atoms with Crippen molar-refractivity contribution in [2.24, 2.45) is 0 Å². The average molecular weight is 186 g/mol. The summed E-state index contributed by atoms with van der Waals surface area (Å²) in [4.78, 5) is 3.60. The van der Waals surface area contributed by atoms with E-state index in [-0.39, 0.29) is 11.4 Å². The van der Waals surface area contributed by atoms with E-state index in [9.17, 15) is 8.78 Å². The van der Waals surface area contributed by atoms with Crippen LogP contribution in [0.5, 0.6) is 0 Å². The molecule has 0 atom stereocenters. The zero-order valence-corrected chi connectivity index (χ0v) is 7.86. The van der Waals surface area contributed by atoms with Crippen molar-refractivity contribution in [3.63, 3.8) is 0 Å². The Kier molecular flexibility index (Phi) is 2.50. The predicted molar refractivity (Wildman–Crippen MR) is 47.5 cm³/mol. The summed E-state index contributed by atoms with van der Waals surface area (Å²) in [6.07, 6.45) is 0.983. The largest absolute Gasteiger partial charge is 0.363 e. The molecule has 2 nitrogen and oxygen atoms in total. The molecule has 0 spiro atoms. The van der Waals surface area contributed by atoms with E-state index in [1.807, 2.05) is 20.8 Å². The zero-order valence-electron chi connectivity index (χ0n) is 7.86. The number of anilines is 1. The molecule has 0 saturated carbocycles. The quantitative estimate of drug-likeness (QED) is 0.729. The number of rotatable bonds is 1. The van der Waals surface area contributed by atoms with Crippen LogP contribution < -0.4 is 5.32 Å². The fourth-order valence-electron chi connectivity index (χ4n) is 0.862. The van der Waals surface area contributed by atoms with Crippen LogP contribution in [0.15, 0.2) is 12.3 Å². The zero-order chi connectivity index (χ0) is 10.1. The van der Waals surface area contributed by atoms with E-state index >= 15 is 0 Å². The van der Waals surface area contributed by atoms with Gasteiger partial charge in [-0.25, -0.2) is 13.8 Å². The summed E-state index contributed by atoms with van der Waals surface area (Å²) in [5, 5.41) is 2.82. The maximum absolute atomic E-state index is 13.0. The third-order valence-electron chi connectivity index (χ3n) is 1.30. The third kappa shape index (κ3) is 2.97. The molecule has 1 aromatic heterocycles. The number of nitrogens with one attached hydrogen (secondary N) is 1. The molecule has 0 aliphatic rings. The second kappa shape index (κ2) is 3.28. The van der Waals surface area contributed by atoms with E-state index in [1.165, 1.54) is 0 Å². The molecule has 0 aliphatic heterocycles. The molecule has 13 heavy (non-hydrogen) atoms. The van der Waals surface area contributed by atoms with Crippen LogP contribution in [0.2, 0.25) is 0 Å². The van der Waals surface area contributed by atoms with Gasteiger partial charge in [-0.05, 0) is 20.8 Å². The van der Waals surface area contributed by atoms with E-state index < -0.39 is 11.6 Å². The molecular weight excluding hydrogens is 174 g/mol. The minimum absolute atomic E-state index is 0.0777. The number of hydrogen-bond donors (Lipinski definition) is 1. The number of hydrogen-bond acceptors (Lipinski definition) is 2. The average Bonchev–Trinajstić information content (AvgIpc) is 1.93. The highest BCUT2D eigenvalue weighted by atomic mass is 19.1. The van der Waals surface area contributed by atoms with E-state index in [2.05, 4.69) is 10.3 Å². The van der Waals surface area contributed by atoms with Gasteiger partial charge in [0, 0.05) is 11.6 Å². The van der Waals surface area contributed by atoms with Crippen LogP contribution in [0.3, 0.4) is 0 Å². The van der Waals surface area contributed by atoms with Gasteiger partial charge in [0.1, 0.15) is 5.82 Å². The van der Waals surface area contributed by atoms with Crippen molar-refractivity contribution in [2.45, 2.75) is 26.3 Å². The second-order valence-corrected chi connectivity index (χ2v) is 3.86. The van der Waals surface area contributed by atoms with Crippen molar-refractivity contribution < 1.29 is 8.78 Å². The van der Waals surface area contributed by atoms with Crippen LogP contribution in [0.25, 0.3) is 0 Å². The van der Waals surface area contributed by atoms with Crippen molar-refractivity contribution in [3.05, 3.63) is 23.9 Å². The first kappa shape index (κ1) is 9.89. The summed E-state index contributed by atoms with van der Waals surface area (Å²) in [5.74, 6) is -1.26. The Labute approximate surface area is 76.0 Å². The first-order valence-electron chi connectivity index (χ1n) is 3.98. The van der Waals surface area contributed by atoms with Gasteiger partial charge < -0.3 is 5.32 Å². The summed E-state index contributed by atoms with van der Waals surface area (Å²) in [7, 11) is 0. The van der Waals surface area contributed by atoms with Gasteiger partial charge in [-0.3, -0.25) is 0 Å². The molecule has 1 aromatic rings. The van der Waals surface area contributed by atoms with Gasteiger partial charge in [-0.15, -0.1) is 0 Å². The van der Waals surface area contributed by atoms with Crippen LogP contribution in [-0.2, 0) is 0 Å². The Balaban J connectivity index is 2.90. The van der Waals surface area contributed by atoms with Crippen molar-refractivity contribution in [2.75, 3.05) is 5.32 Å². The maximum atomic E-state index is 13.0. The fourth-order valence-corrected chi connectivity index (χ4v) is 0.862. The van der Waals surface area contributed by atoms with Gasteiger partial charge in [-0.2, -0.15) is 0 Å². The van der Waals surface area contributed by atoms with E-state index in [0.717, 1.165) is 12.3 Å². The second-order valence-electron chi connectivity index (χ2n) is 3.86. The van der Waals surface area contributed by atoms with Gasteiger partial charge in [0.05, 0.1) is 6.20 Å². The van der Waals surface area contributed by atoms with E-state index in [4.69, 9.17) is 0 Å². The van der Waals surface area contributed by atoms with Crippen LogP contribution >= 0.6 is 0 Å². The molecule has 1 N–H and O–H groups in total. The highest BCUT2D eigenvalue weighted by Crippen LogP contribution is 2.15. The minimum Gasteiger partial charge on any atom is -0.363 e. The smallest absolute Gasteiger partial charge is 0.168 e. The summed E-state index contributed by atoms with van der Waals surface area (Å²) in [5.41, 5.74) is -0.286. The SMILES string of the molecule is CC(C)(C)Nc1ncc(F)cc1F. The van der Waals surface area contributed by atoms with Gasteiger partial charge in [0.25, 0.3) is 0 Å². The van der Waals surface area contributed by atoms with Crippen molar-refractivity contribution in [1.29, 1.82) is 0 Å². The van der Waals surface area contributed by atoms with Crippen LogP contribution in [0, 0.1) is 11.6 Å². The molecule has 72 valence electrons. The molecular formula is C9H12F2N2. The van der Waals surface area contributed by atoms with Gasteiger partial charge in [0.2, 0.25) is 0 Å². The lowest BCUT2D eigenvalue weighted by atomic mass is 10.1.